The molecule has 3 heterocycles. The molecule has 0 amide bonds. The van der Waals surface area contributed by atoms with Crippen molar-refractivity contribution in [3.05, 3.63) is 0 Å². The summed E-state index contributed by atoms with van der Waals surface area (Å²) in [5.74, 6) is 0.892. The molecule has 0 saturated carbocycles. The maximum atomic E-state index is 3.61. The smallest absolute Gasteiger partial charge is 0.0263 e. The van der Waals surface area contributed by atoms with Crippen LogP contribution in [0.1, 0.15) is 39.5 Å². The first kappa shape index (κ1) is 12.9. The van der Waals surface area contributed by atoms with E-state index in [4.69, 9.17) is 0 Å². The number of likely N-dealkylation sites (tertiary alicyclic amines) is 1. The van der Waals surface area contributed by atoms with E-state index < -0.39 is 0 Å². The summed E-state index contributed by atoms with van der Waals surface area (Å²) in [6.45, 7) is 11.1. The first-order valence-electron chi connectivity index (χ1n) is 7.95. The van der Waals surface area contributed by atoms with E-state index in [-0.39, 0.29) is 0 Å². The van der Waals surface area contributed by atoms with Gasteiger partial charge >= 0.3 is 0 Å². The summed E-state index contributed by atoms with van der Waals surface area (Å²) in [4.78, 5) is 5.55. The van der Waals surface area contributed by atoms with Crippen LogP contribution in [0.3, 0.4) is 0 Å². The van der Waals surface area contributed by atoms with Gasteiger partial charge in [-0.2, -0.15) is 0 Å². The Balaban J connectivity index is 1.50. The summed E-state index contributed by atoms with van der Waals surface area (Å²) < 4.78 is 0. The van der Waals surface area contributed by atoms with E-state index in [9.17, 15) is 0 Å². The summed E-state index contributed by atoms with van der Waals surface area (Å²) >= 11 is 0. The number of rotatable bonds is 4. The van der Waals surface area contributed by atoms with Crippen molar-refractivity contribution in [3.63, 3.8) is 0 Å². The summed E-state index contributed by atoms with van der Waals surface area (Å²) in [5.41, 5.74) is 0. The number of nitrogens with one attached hydrogen (secondary N) is 1. The molecule has 0 aromatic heterocycles. The lowest BCUT2D eigenvalue weighted by Crippen LogP contribution is -2.42. The van der Waals surface area contributed by atoms with Gasteiger partial charge in [-0.05, 0) is 51.2 Å². The van der Waals surface area contributed by atoms with Crippen LogP contribution in [0.4, 0.5) is 0 Å². The van der Waals surface area contributed by atoms with Crippen LogP contribution in [-0.4, -0.2) is 60.6 Å². The zero-order chi connectivity index (χ0) is 12.5. The molecule has 1 N–H and O–H groups in total. The molecular formula is C15H29N3. The first-order valence-corrected chi connectivity index (χ1v) is 7.95. The number of fused-ring (bicyclic) bond motifs is 1. The average molecular weight is 251 g/mol. The van der Waals surface area contributed by atoms with Gasteiger partial charge in [0.1, 0.15) is 0 Å². The minimum atomic E-state index is 0.635. The van der Waals surface area contributed by atoms with Gasteiger partial charge in [-0.3, -0.25) is 9.80 Å². The van der Waals surface area contributed by atoms with Crippen molar-refractivity contribution < 1.29 is 0 Å². The molecule has 0 spiro atoms. The van der Waals surface area contributed by atoms with E-state index in [1.54, 1.807) is 0 Å². The van der Waals surface area contributed by atoms with Crippen molar-refractivity contribution in [2.45, 2.75) is 57.7 Å². The molecule has 0 aromatic rings. The second-order valence-corrected chi connectivity index (χ2v) is 6.81. The number of hydrogen-bond acceptors (Lipinski definition) is 3. The molecule has 3 rings (SSSR count). The predicted molar refractivity (Wildman–Crippen MR) is 75.8 cm³/mol. The van der Waals surface area contributed by atoms with Crippen molar-refractivity contribution >= 4 is 0 Å². The molecule has 18 heavy (non-hydrogen) atoms. The zero-order valence-corrected chi connectivity index (χ0v) is 12.1. The summed E-state index contributed by atoms with van der Waals surface area (Å²) in [6, 6.07) is 2.43. The Morgan fingerprint density at radius 2 is 1.78 bits per heavy atom. The average Bonchev–Trinajstić information content (AvgIpc) is 3.01. The first-order chi connectivity index (χ1) is 8.74. The van der Waals surface area contributed by atoms with E-state index >= 15 is 0 Å². The van der Waals surface area contributed by atoms with Crippen molar-refractivity contribution in [2.75, 3.05) is 32.7 Å². The SMILES string of the molecule is CC(C)NCC1CCN(C2CCN3CCCC23)C1. The van der Waals surface area contributed by atoms with Gasteiger partial charge in [-0.15, -0.1) is 0 Å². The molecule has 3 saturated heterocycles. The van der Waals surface area contributed by atoms with E-state index in [1.165, 1.54) is 58.4 Å². The molecule has 3 nitrogen and oxygen atoms in total. The molecule has 0 radical (unpaired) electrons. The summed E-state index contributed by atoms with van der Waals surface area (Å²) in [6.07, 6.45) is 5.72. The standard InChI is InChI=1S/C15H29N3/c1-12(2)16-10-13-5-8-18(11-13)15-6-9-17-7-3-4-14(15)17/h12-16H,3-11H2,1-2H3. The lowest BCUT2D eigenvalue weighted by molar-refractivity contribution is 0.186. The third-order valence-electron chi connectivity index (χ3n) is 5.17. The van der Waals surface area contributed by atoms with E-state index in [0.29, 0.717) is 6.04 Å². The third-order valence-corrected chi connectivity index (χ3v) is 5.17. The van der Waals surface area contributed by atoms with Crippen molar-refractivity contribution in [1.82, 2.24) is 15.1 Å². The summed E-state index contributed by atoms with van der Waals surface area (Å²) in [7, 11) is 0. The fraction of sp³-hybridized carbons (Fsp3) is 1.00. The maximum absolute atomic E-state index is 3.61. The van der Waals surface area contributed by atoms with Crippen LogP contribution in [0.25, 0.3) is 0 Å². The maximum Gasteiger partial charge on any atom is 0.0263 e. The van der Waals surface area contributed by atoms with Gasteiger partial charge in [-0.25, -0.2) is 0 Å². The Morgan fingerprint density at radius 3 is 2.61 bits per heavy atom. The highest BCUT2D eigenvalue weighted by atomic mass is 15.3. The van der Waals surface area contributed by atoms with Gasteiger partial charge < -0.3 is 5.32 Å². The molecule has 0 aromatic carbocycles. The van der Waals surface area contributed by atoms with E-state index in [0.717, 1.165) is 18.0 Å². The molecule has 3 aliphatic rings. The molecule has 104 valence electrons. The number of hydrogen-bond donors (Lipinski definition) is 1. The van der Waals surface area contributed by atoms with Gasteiger partial charge in [0.25, 0.3) is 0 Å². The molecule has 3 aliphatic heterocycles. The minimum Gasteiger partial charge on any atom is -0.314 e. The van der Waals surface area contributed by atoms with Crippen LogP contribution >= 0.6 is 0 Å². The van der Waals surface area contributed by atoms with Gasteiger partial charge in [-0.1, -0.05) is 13.8 Å². The van der Waals surface area contributed by atoms with Crippen LogP contribution in [0.5, 0.6) is 0 Å². The van der Waals surface area contributed by atoms with Crippen LogP contribution < -0.4 is 5.32 Å². The van der Waals surface area contributed by atoms with Crippen molar-refractivity contribution in [2.24, 2.45) is 5.92 Å². The van der Waals surface area contributed by atoms with Crippen molar-refractivity contribution in [1.29, 1.82) is 0 Å². The van der Waals surface area contributed by atoms with Crippen LogP contribution in [-0.2, 0) is 0 Å². The van der Waals surface area contributed by atoms with Gasteiger partial charge in [0.15, 0.2) is 0 Å². The lowest BCUT2D eigenvalue weighted by Gasteiger charge is -2.29. The molecule has 0 bridgehead atoms. The molecule has 3 fully saturated rings. The Labute approximate surface area is 112 Å². The van der Waals surface area contributed by atoms with Crippen LogP contribution in [0, 0.1) is 5.92 Å². The second-order valence-electron chi connectivity index (χ2n) is 6.81. The molecule has 3 atom stereocenters. The monoisotopic (exact) mass is 251 g/mol. The minimum absolute atomic E-state index is 0.635. The lowest BCUT2D eigenvalue weighted by atomic mass is 10.1. The highest BCUT2D eigenvalue weighted by Gasteiger charge is 2.41. The number of nitrogens with zero attached hydrogens (tertiary/aromatic N) is 2. The fourth-order valence-corrected chi connectivity index (χ4v) is 4.21. The quantitative estimate of drug-likeness (QED) is 0.818. The Hall–Kier alpha value is -0.120. The molecule has 3 heteroatoms. The van der Waals surface area contributed by atoms with E-state index in [2.05, 4.69) is 29.0 Å². The molecule has 3 unspecified atom stereocenters. The van der Waals surface area contributed by atoms with Gasteiger partial charge in [0, 0.05) is 31.2 Å². The van der Waals surface area contributed by atoms with E-state index in [1.807, 2.05) is 0 Å². The Kier molecular flexibility index (Phi) is 3.92. The topological polar surface area (TPSA) is 18.5 Å². The highest BCUT2D eigenvalue weighted by Crippen LogP contribution is 2.33. The normalized spacial score (nSPS) is 37.8. The van der Waals surface area contributed by atoms with Crippen LogP contribution in [0.2, 0.25) is 0 Å². The molecular weight excluding hydrogens is 222 g/mol. The zero-order valence-electron chi connectivity index (χ0n) is 12.1. The van der Waals surface area contributed by atoms with Crippen molar-refractivity contribution in [3.8, 4) is 0 Å². The second kappa shape index (κ2) is 5.48. The predicted octanol–water partition coefficient (Wildman–Crippen LogP) is 1.54. The molecule has 0 aliphatic carbocycles. The Bertz CT molecular complexity index is 279. The summed E-state index contributed by atoms with van der Waals surface area (Å²) in [5, 5.41) is 3.61. The van der Waals surface area contributed by atoms with Gasteiger partial charge in [0.2, 0.25) is 0 Å². The highest BCUT2D eigenvalue weighted by molar-refractivity contribution is 4.98. The third kappa shape index (κ3) is 2.59. The largest absolute Gasteiger partial charge is 0.314 e. The fourth-order valence-electron chi connectivity index (χ4n) is 4.21. The van der Waals surface area contributed by atoms with Gasteiger partial charge in [0.05, 0.1) is 0 Å². The Morgan fingerprint density at radius 1 is 1.00 bits per heavy atom. The van der Waals surface area contributed by atoms with Crippen LogP contribution in [0.15, 0.2) is 0 Å².